The zero-order valence-corrected chi connectivity index (χ0v) is 36.5. The summed E-state index contributed by atoms with van der Waals surface area (Å²) in [5, 5.41) is 2.48. The summed E-state index contributed by atoms with van der Waals surface area (Å²) in [5.74, 6) is 0. The summed E-state index contributed by atoms with van der Waals surface area (Å²) in [6.45, 7) is 4.71. The van der Waals surface area contributed by atoms with Gasteiger partial charge in [-0.1, -0.05) is 196 Å². The molecule has 0 unspecified atom stereocenters. The molecule has 0 saturated carbocycles. The standard InChI is InChI=1S/C63H46N2/c1-63(2)58-22-12-9-20-54(58)55-39-38-52(42-59(55)63)64(50-34-29-46(30-35-50)44-17-7-4-8-18-44)51-36-31-48(32-37-51)53-19-10-13-23-60(53)65-61-24-14-11-21-56(61)57-41-49(33-40-62(57)65)47-27-25-45(26-28-47)43-15-5-3-6-16-43/h3-42H,1-2H3. The third-order valence-electron chi connectivity index (χ3n) is 13.6. The third kappa shape index (κ3) is 6.57. The van der Waals surface area contributed by atoms with Gasteiger partial charge in [0.05, 0.1) is 16.7 Å². The van der Waals surface area contributed by atoms with Gasteiger partial charge in [0.1, 0.15) is 0 Å². The van der Waals surface area contributed by atoms with Gasteiger partial charge in [-0.2, -0.15) is 0 Å². The predicted octanol–water partition coefficient (Wildman–Crippen LogP) is 17.2. The Labute approximate surface area is 381 Å². The van der Waals surface area contributed by atoms with E-state index in [0.717, 1.165) is 28.3 Å². The molecule has 10 aromatic carbocycles. The van der Waals surface area contributed by atoms with Crippen LogP contribution in [0.2, 0.25) is 0 Å². The fourth-order valence-corrected chi connectivity index (χ4v) is 10.3. The lowest BCUT2D eigenvalue weighted by Gasteiger charge is -2.28. The quantitative estimate of drug-likeness (QED) is 0.148. The van der Waals surface area contributed by atoms with Crippen molar-refractivity contribution >= 4 is 38.9 Å². The Bertz CT molecular complexity index is 3520. The van der Waals surface area contributed by atoms with Crippen LogP contribution in [-0.2, 0) is 5.41 Å². The molecular formula is C63H46N2. The topological polar surface area (TPSA) is 8.17 Å². The highest BCUT2D eigenvalue weighted by Gasteiger charge is 2.35. The van der Waals surface area contributed by atoms with Crippen molar-refractivity contribution in [1.82, 2.24) is 4.57 Å². The van der Waals surface area contributed by atoms with E-state index in [0.29, 0.717) is 0 Å². The number of fused-ring (bicyclic) bond motifs is 6. The Balaban J connectivity index is 0.937. The summed E-state index contributed by atoms with van der Waals surface area (Å²) in [6.07, 6.45) is 0. The SMILES string of the molecule is CC1(C)c2ccccc2-c2ccc(N(c3ccc(-c4ccccc4)cc3)c3ccc(-c4ccccc4-n4c5ccccc5c5cc(-c6ccc(-c7ccccc7)cc6)ccc54)cc3)cc21. The van der Waals surface area contributed by atoms with Gasteiger partial charge in [-0.25, -0.2) is 0 Å². The zero-order chi connectivity index (χ0) is 43.5. The van der Waals surface area contributed by atoms with E-state index in [1.165, 1.54) is 83.0 Å². The van der Waals surface area contributed by atoms with Crippen LogP contribution in [0.25, 0.3) is 83.1 Å². The van der Waals surface area contributed by atoms with Crippen LogP contribution < -0.4 is 4.90 Å². The van der Waals surface area contributed by atoms with E-state index in [-0.39, 0.29) is 5.41 Å². The maximum absolute atomic E-state index is 2.45. The second kappa shape index (κ2) is 15.6. The Morgan fingerprint density at radius 3 is 1.45 bits per heavy atom. The van der Waals surface area contributed by atoms with Gasteiger partial charge >= 0.3 is 0 Å². The minimum absolute atomic E-state index is 0.110. The molecule has 0 atom stereocenters. The molecule has 0 radical (unpaired) electrons. The minimum Gasteiger partial charge on any atom is -0.310 e. The van der Waals surface area contributed by atoms with Gasteiger partial charge in [0.15, 0.2) is 0 Å². The van der Waals surface area contributed by atoms with Crippen LogP contribution in [0, 0.1) is 0 Å². The van der Waals surface area contributed by atoms with Crippen molar-refractivity contribution in [2.24, 2.45) is 0 Å². The molecule has 1 aliphatic rings. The van der Waals surface area contributed by atoms with Gasteiger partial charge in [0, 0.05) is 38.8 Å². The average molecular weight is 831 g/mol. The summed E-state index contributed by atoms with van der Waals surface area (Å²) in [5.41, 5.74) is 21.8. The van der Waals surface area contributed by atoms with Crippen LogP contribution in [0.3, 0.4) is 0 Å². The van der Waals surface area contributed by atoms with E-state index in [4.69, 9.17) is 0 Å². The van der Waals surface area contributed by atoms with Crippen molar-refractivity contribution in [3.05, 3.63) is 254 Å². The molecule has 1 aromatic heterocycles. The predicted molar refractivity (Wildman–Crippen MR) is 275 cm³/mol. The van der Waals surface area contributed by atoms with Gasteiger partial charge < -0.3 is 9.47 Å². The van der Waals surface area contributed by atoms with Gasteiger partial charge in [0.2, 0.25) is 0 Å². The summed E-state index contributed by atoms with van der Waals surface area (Å²) in [4.78, 5) is 2.41. The molecule has 0 fully saturated rings. The molecule has 12 rings (SSSR count). The largest absolute Gasteiger partial charge is 0.310 e. The van der Waals surface area contributed by atoms with Gasteiger partial charge in [-0.15, -0.1) is 0 Å². The molecule has 65 heavy (non-hydrogen) atoms. The van der Waals surface area contributed by atoms with Gasteiger partial charge in [-0.3, -0.25) is 0 Å². The monoisotopic (exact) mass is 830 g/mol. The first-order valence-corrected chi connectivity index (χ1v) is 22.6. The number of anilines is 3. The van der Waals surface area contributed by atoms with Gasteiger partial charge in [-0.05, 0) is 122 Å². The first-order chi connectivity index (χ1) is 32.0. The normalized spacial score (nSPS) is 12.6. The summed E-state index contributed by atoms with van der Waals surface area (Å²) >= 11 is 0. The molecule has 0 saturated heterocycles. The van der Waals surface area contributed by atoms with E-state index in [2.05, 4.69) is 266 Å². The second-order valence-electron chi connectivity index (χ2n) is 17.7. The van der Waals surface area contributed by atoms with Crippen molar-refractivity contribution in [3.63, 3.8) is 0 Å². The fourth-order valence-electron chi connectivity index (χ4n) is 10.3. The Morgan fingerprint density at radius 1 is 0.308 bits per heavy atom. The first kappa shape index (κ1) is 38.5. The van der Waals surface area contributed by atoms with E-state index in [1.54, 1.807) is 0 Å². The molecule has 0 bridgehead atoms. The molecule has 1 aliphatic carbocycles. The Hall–Kier alpha value is -8.20. The molecule has 0 aliphatic heterocycles. The summed E-state index contributed by atoms with van der Waals surface area (Å²) in [6, 6.07) is 88.8. The Kier molecular flexibility index (Phi) is 9.21. The smallest absolute Gasteiger partial charge is 0.0541 e. The van der Waals surface area contributed by atoms with Crippen LogP contribution in [-0.4, -0.2) is 4.57 Å². The molecule has 0 amide bonds. The molecule has 0 N–H and O–H groups in total. The number of hydrogen-bond acceptors (Lipinski definition) is 1. The number of aromatic nitrogens is 1. The third-order valence-corrected chi connectivity index (χ3v) is 13.6. The summed E-state index contributed by atoms with van der Waals surface area (Å²) < 4.78 is 2.45. The molecule has 1 heterocycles. The van der Waals surface area contributed by atoms with Crippen LogP contribution in [0.4, 0.5) is 17.1 Å². The highest BCUT2D eigenvalue weighted by molar-refractivity contribution is 6.11. The van der Waals surface area contributed by atoms with Crippen LogP contribution in [0.15, 0.2) is 243 Å². The molecular weight excluding hydrogens is 785 g/mol. The molecule has 11 aromatic rings. The lowest BCUT2D eigenvalue weighted by atomic mass is 9.82. The van der Waals surface area contributed by atoms with E-state index in [9.17, 15) is 0 Å². The van der Waals surface area contributed by atoms with Crippen LogP contribution >= 0.6 is 0 Å². The summed E-state index contributed by atoms with van der Waals surface area (Å²) in [7, 11) is 0. The highest BCUT2D eigenvalue weighted by Crippen LogP contribution is 2.51. The lowest BCUT2D eigenvalue weighted by Crippen LogP contribution is -2.16. The van der Waals surface area contributed by atoms with Crippen molar-refractivity contribution in [1.29, 1.82) is 0 Å². The van der Waals surface area contributed by atoms with Crippen LogP contribution in [0.5, 0.6) is 0 Å². The van der Waals surface area contributed by atoms with E-state index < -0.39 is 0 Å². The number of rotatable bonds is 8. The molecule has 308 valence electrons. The van der Waals surface area contributed by atoms with Crippen molar-refractivity contribution in [3.8, 4) is 61.3 Å². The van der Waals surface area contributed by atoms with Gasteiger partial charge in [0.25, 0.3) is 0 Å². The molecule has 2 heteroatoms. The maximum atomic E-state index is 2.45. The maximum Gasteiger partial charge on any atom is 0.0541 e. The number of para-hydroxylation sites is 2. The Morgan fingerprint density at radius 2 is 0.769 bits per heavy atom. The fraction of sp³-hybridized carbons (Fsp3) is 0.0476. The van der Waals surface area contributed by atoms with Crippen molar-refractivity contribution in [2.75, 3.05) is 4.90 Å². The van der Waals surface area contributed by atoms with Crippen molar-refractivity contribution < 1.29 is 0 Å². The van der Waals surface area contributed by atoms with E-state index in [1.807, 2.05) is 0 Å². The zero-order valence-electron chi connectivity index (χ0n) is 36.5. The first-order valence-electron chi connectivity index (χ1n) is 22.6. The molecule has 2 nitrogen and oxygen atoms in total. The number of benzene rings is 10. The highest BCUT2D eigenvalue weighted by atomic mass is 15.1. The van der Waals surface area contributed by atoms with E-state index >= 15 is 0 Å². The van der Waals surface area contributed by atoms with Crippen LogP contribution in [0.1, 0.15) is 25.0 Å². The number of hydrogen-bond donors (Lipinski definition) is 0. The molecule has 0 spiro atoms. The minimum atomic E-state index is -0.110. The lowest BCUT2D eigenvalue weighted by molar-refractivity contribution is 0.660. The van der Waals surface area contributed by atoms with Crippen molar-refractivity contribution in [2.45, 2.75) is 19.3 Å². The second-order valence-corrected chi connectivity index (χ2v) is 17.7. The number of nitrogens with zero attached hydrogens (tertiary/aromatic N) is 2. The average Bonchev–Trinajstić information content (AvgIpc) is 3.82.